The van der Waals surface area contributed by atoms with Crippen LogP contribution in [0.25, 0.3) is 0 Å². The van der Waals surface area contributed by atoms with Gasteiger partial charge in [-0.15, -0.1) is 11.3 Å². The molecule has 0 unspecified atom stereocenters. The van der Waals surface area contributed by atoms with Crippen LogP contribution in [0.5, 0.6) is 23.0 Å². The third-order valence-electron chi connectivity index (χ3n) is 8.35. The van der Waals surface area contributed by atoms with Crippen LogP contribution >= 0.6 is 11.3 Å². The fourth-order valence-electron chi connectivity index (χ4n) is 5.20. The summed E-state index contributed by atoms with van der Waals surface area (Å²) in [6.07, 6.45) is 10.5. The summed E-state index contributed by atoms with van der Waals surface area (Å²) in [6, 6.07) is 25.7. The summed E-state index contributed by atoms with van der Waals surface area (Å²) in [5.74, 6) is 7.78. The lowest BCUT2D eigenvalue weighted by atomic mass is 10.1. The van der Waals surface area contributed by atoms with E-state index in [0.717, 1.165) is 78.5 Å². The number of rotatable bonds is 27. The smallest absolute Gasteiger partial charge is 0.343 e. The summed E-state index contributed by atoms with van der Waals surface area (Å²) in [6.45, 7) is 10.3. The van der Waals surface area contributed by atoms with E-state index in [0.29, 0.717) is 75.5 Å². The van der Waals surface area contributed by atoms with Gasteiger partial charge in [0.25, 0.3) is 0 Å². The number of esters is 3. The molecule has 11 heteroatoms. The van der Waals surface area contributed by atoms with Crippen LogP contribution < -0.4 is 18.9 Å². The van der Waals surface area contributed by atoms with Crippen molar-refractivity contribution in [1.29, 1.82) is 0 Å². The Morgan fingerprint density at radius 1 is 0.517 bits per heavy atom. The van der Waals surface area contributed by atoms with E-state index in [9.17, 15) is 14.4 Å². The molecule has 0 aliphatic carbocycles. The Bertz CT molecular complexity index is 1900. The fraction of sp³-hybridized carbons (Fsp3) is 0.340. The molecule has 10 nitrogen and oxygen atoms in total. The van der Waals surface area contributed by atoms with Gasteiger partial charge < -0.3 is 33.2 Å². The molecule has 0 fully saturated rings. The Morgan fingerprint density at radius 2 is 0.983 bits per heavy atom. The maximum Gasteiger partial charge on any atom is 0.343 e. The van der Waals surface area contributed by atoms with E-state index < -0.39 is 17.9 Å². The Hall–Kier alpha value is -5.83. The Labute approximate surface area is 345 Å². The van der Waals surface area contributed by atoms with Crippen molar-refractivity contribution in [2.24, 2.45) is 0 Å². The number of hydrogen-bond acceptors (Lipinski definition) is 11. The molecule has 0 atom stereocenters. The maximum absolute atomic E-state index is 12.6. The zero-order valence-electron chi connectivity index (χ0n) is 33.0. The molecule has 4 aromatic rings. The van der Waals surface area contributed by atoms with E-state index in [-0.39, 0.29) is 0 Å². The Kier molecular flexibility index (Phi) is 20.8. The van der Waals surface area contributed by atoms with Gasteiger partial charge in [-0.2, -0.15) is 0 Å². The highest BCUT2D eigenvalue weighted by Gasteiger charge is 2.10. The zero-order valence-corrected chi connectivity index (χ0v) is 33.8. The van der Waals surface area contributed by atoms with E-state index in [4.69, 9.17) is 33.2 Å². The minimum atomic E-state index is -0.455. The molecule has 0 spiro atoms. The van der Waals surface area contributed by atoms with Crippen molar-refractivity contribution in [3.8, 4) is 34.8 Å². The van der Waals surface area contributed by atoms with Gasteiger partial charge in [0, 0.05) is 29.2 Å². The van der Waals surface area contributed by atoms with Crippen LogP contribution in [0.2, 0.25) is 0 Å². The summed E-state index contributed by atoms with van der Waals surface area (Å²) in [5.41, 5.74) is 1.36. The molecule has 0 aliphatic heterocycles. The van der Waals surface area contributed by atoms with Crippen molar-refractivity contribution in [2.45, 2.75) is 64.4 Å². The molecule has 4 rings (SSSR count). The van der Waals surface area contributed by atoms with E-state index >= 15 is 0 Å². The van der Waals surface area contributed by atoms with Crippen molar-refractivity contribution in [3.63, 3.8) is 0 Å². The number of hydrogen-bond donors (Lipinski definition) is 0. The van der Waals surface area contributed by atoms with Crippen LogP contribution in [0.15, 0.2) is 110 Å². The first-order chi connectivity index (χ1) is 28.4. The Balaban J connectivity index is 0.995. The van der Waals surface area contributed by atoms with Crippen molar-refractivity contribution < 1.29 is 47.5 Å². The first kappa shape index (κ1) is 44.9. The van der Waals surface area contributed by atoms with Crippen LogP contribution in [0.4, 0.5) is 0 Å². The third kappa shape index (κ3) is 18.4. The molecule has 1 heterocycles. The molecule has 0 saturated carbocycles. The lowest BCUT2D eigenvalue weighted by Gasteiger charge is -2.09. The molecule has 306 valence electrons. The van der Waals surface area contributed by atoms with Crippen LogP contribution in [0.1, 0.15) is 83.5 Å². The molecule has 0 radical (unpaired) electrons. The molecule has 1 aromatic heterocycles. The molecule has 0 aliphatic rings. The number of thiophene rings is 1. The highest BCUT2D eigenvalue weighted by Crippen LogP contribution is 2.21. The number of ether oxygens (including phenoxy) is 7. The summed E-state index contributed by atoms with van der Waals surface area (Å²) in [4.78, 5) is 36.8. The lowest BCUT2D eigenvalue weighted by molar-refractivity contribution is -0.138. The minimum Gasteiger partial charge on any atom is -0.494 e. The molecular formula is C47H52O10S. The van der Waals surface area contributed by atoms with Gasteiger partial charge in [-0.3, -0.25) is 0 Å². The normalized spacial score (nSPS) is 10.4. The third-order valence-corrected chi connectivity index (χ3v) is 9.33. The van der Waals surface area contributed by atoms with Gasteiger partial charge in [0.15, 0.2) is 0 Å². The maximum atomic E-state index is 12.6. The van der Waals surface area contributed by atoms with Crippen molar-refractivity contribution in [1.82, 2.24) is 0 Å². The van der Waals surface area contributed by atoms with E-state index in [1.807, 2.05) is 36.4 Å². The van der Waals surface area contributed by atoms with Crippen LogP contribution in [-0.4, -0.2) is 57.5 Å². The molecule has 58 heavy (non-hydrogen) atoms. The SMILES string of the molecule is C=CC(=O)OCCCCOCc1ccc(C#Cc2ccc(OCCCCCCCOc3ccc(C(=O)Oc4ccc(OCCCCOC(=O)C=C)cc4)cc3)cc2)s1. The van der Waals surface area contributed by atoms with Gasteiger partial charge in [-0.25, -0.2) is 14.4 Å². The van der Waals surface area contributed by atoms with Gasteiger partial charge in [0.05, 0.1) is 50.1 Å². The highest BCUT2D eigenvalue weighted by atomic mass is 32.1. The second-order valence-corrected chi connectivity index (χ2v) is 14.1. The molecule has 0 amide bonds. The summed E-state index contributed by atoms with van der Waals surface area (Å²) in [5, 5.41) is 0. The van der Waals surface area contributed by atoms with Gasteiger partial charge in [0.2, 0.25) is 0 Å². The first-order valence-electron chi connectivity index (χ1n) is 19.6. The van der Waals surface area contributed by atoms with Crippen molar-refractivity contribution in [2.75, 3.05) is 39.6 Å². The molecule has 0 bridgehead atoms. The average Bonchev–Trinajstić information content (AvgIpc) is 3.71. The lowest BCUT2D eigenvalue weighted by Crippen LogP contribution is -2.08. The standard InChI is InChI=1S/C47H52O10S/c1-3-45(48)55-34-11-10-30-51-36-44-29-28-43(58-44)27-16-37-14-19-39(20-15-37)52-31-8-6-5-7-9-32-53-40-21-17-38(18-22-40)47(50)57-42-25-23-41(24-26-42)54-33-12-13-35-56-46(49)4-2/h3-4,14-15,17-26,28-29H,1-2,5-13,30-36H2. The van der Waals surface area contributed by atoms with E-state index in [1.165, 1.54) is 6.08 Å². The second-order valence-electron chi connectivity index (χ2n) is 12.9. The van der Waals surface area contributed by atoms with Crippen LogP contribution in [-0.2, 0) is 30.4 Å². The predicted molar refractivity (Wildman–Crippen MR) is 225 cm³/mol. The number of unbranched alkanes of at least 4 members (excludes halogenated alkanes) is 6. The first-order valence-corrected chi connectivity index (χ1v) is 20.4. The number of benzene rings is 3. The van der Waals surface area contributed by atoms with E-state index in [2.05, 4.69) is 25.0 Å². The molecular weight excluding hydrogens is 757 g/mol. The summed E-state index contributed by atoms with van der Waals surface area (Å²) in [7, 11) is 0. The molecule has 0 saturated heterocycles. The summed E-state index contributed by atoms with van der Waals surface area (Å²) >= 11 is 1.62. The topological polar surface area (TPSA) is 116 Å². The second kappa shape index (κ2) is 26.9. The number of carbonyl (C=O) groups is 3. The van der Waals surface area contributed by atoms with Gasteiger partial charge in [0.1, 0.15) is 23.0 Å². The monoisotopic (exact) mass is 808 g/mol. The van der Waals surface area contributed by atoms with Crippen LogP contribution in [0, 0.1) is 11.8 Å². The quantitative estimate of drug-likeness (QED) is 0.0190. The van der Waals surface area contributed by atoms with Gasteiger partial charge >= 0.3 is 17.9 Å². The van der Waals surface area contributed by atoms with E-state index in [1.54, 1.807) is 59.9 Å². The summed E-state index contributed by atoms with van der Waals surface area (Å²) < 4.78 is 38.6. The highest BCUT2D eigenvalue weighted by molar-refractivity contribution is 7.12. The zero-order chi connectivity index (χ0) is 41.0. The predicted octanol–water partition coefficient (Wildman–Crippen LogP) is 9.69. The van der Waals surface area contributed by atoms with Gasteiger partial charge in [-0.1, -0.05) is 44.3 Å². The Morgan fingerprint density at radius 3 is 1.55 bits per heavy atom. The van der Waals surface area contributed by atoms with Crippen molar-refractivity contribution >= 4 is 29.2 Å². The average molecular weight is 809 g/mol. The molecule has 3 aromatic carbocycles. The molecule has 0 N–H and O–H groups in total. The largest absolute Gasteiger partial charge is 0.494 e. The van der Waals surface area contributed by atoms with Crippen LogP contribution in [0.3, 0.4) is 0 Å². The van der Waals surface area contributed by atoms with Crippen molar-refractivity contribution in [3.05, 3.63) is 131 Å². The number of carbonyl (C=O) groups excluding carboxylic acids is 3. The van der Waals surface area contributed by atoms with Gasteiger partial charge in [-0.05, 0) is 123 Å². The fourth-order valence-corrected chi connectivity index (χ4v) is 6.00. The minimum absolute atomic E-state index is 0.326.